The Bertz CT molecular complexity index is 1870. The Hall–Kier alpha value is -5.49. The summed E-state index contributed by atoms with van der Waals surface area (Å²) in [4.78, 5) is 4.90. The lowest BCUT2D eigenvalue weighted by atomic mass is 9.63. The van der Waals surface area contributed by atoms with Gasteiger partial charge >= 0.3 is 0 Å². The number of rotatable bonds is 7. The number of pyridine rings is 1. The number of hydrogen-bond acceptors (Lipinski definition) is 6. The van der Waals surface area contributed by atoms with Gasteiger partial charge in [-0.3, -0.25) is 5.41 Å². The van der Waals surface area contributed by atoms with Crippen molar-refractivity contribution in [3.05, 3.63) is 162 Å². The SMILES string of the molecule is N=C(/C=C\C(=N)c1cccc(-c2ccc3c(c2)C(C2=CC=CCN2)(C2CCC=CN2)c2ccccc2O3)n1)c1ccccc1. The maximum absolute atomic E-state index is 8.71. The van der Waals surface area contributed by atoms with E-state index in [0.717, 1.165) is 64.5 Å². The molecule has 0 aliphatic carbocycles. The van der Waals surface area contributed by atoms with Crippen LogP contribution in [0.3, 0.4) is 0 Å². The molecule has 2 unspecified atom stereocenters. The van der Waals surface area contributed by atoms with E-state index in [2.05, 4.69) is 65.4 Å². The predicted octanol–water partition coefficient (Wildman–Crippen LogP) is 7.44. The van der Waals surface area contributed by atoms with E-state index in [-0.39, 0.29) is 11.8 Å². The Morgan fingerprint density at radius 2 is 1.66 bits per heavy atom. The van der Waals surface area contributed by atoms with Crippen LogP contribution in [0.1, 0.15) is 35.2 Å². The molecule has 0 radical (unpaired) electrons. The molecular weight excluding hydrogens is 542 g/mol. The van der Waals surface area contributed by atoms with E-state index in [0.29, 0.717) is 11.4 Å². The summed E-state index contributed by atoms with van der Waals surface area (Å²) in [5.41, 5.74) is 6.49. The molecule has 0 spiro atoms. The number of nitrogens with zero attached hydrogens (tertiary/aromatic N) is 1. The molecule has 0 saturated carbocycles. The number of para-hydroxylation sites is 1. The fourth-order valence-electron chi connectivity index (χ4n) is 6.48. The molecule has 6 heteroatoms. The van der Waals surface area contributed by atoms with Crippen LogP contribution in [-0.4, -0.2) is 29.0 Å². The summed E-state index contributed by atoms with van der Waals surface area (Å²) in [6, 6.07) is 30.0. The summed E-state index contributed by atoms with van der Waals surface area (Å²) in [6.07, 6.45) is 16.0. The Kier molecular flexibility index (Phi) is 7.24. The highest BCUT2D eigenvalue weighted by Gasteiger charge is 2.51. The maximum atomic E-state index is 8.71. The monoisotopic (exact) mass is 575 g/mol. The molecule has 2 atom stereocenters. The van der Waals surface area contributed by atoms with Gasteiger partial charge in [0.2, 0.25) is 0 Å². The highest BCUT2D eigenvalue weighted by atomic mass is 16.5. The molecule has 6 nitrogen and oxygen atoms in total. The van der Waals surface area contributed by atoms with Gasteiger partial charge in [-0.2, -0.15) is 0 Å². The summed E-state index contributed by atoms with van der Waals surface area (Å²) in [5, 5.41) is 24.5. The number of fused-ring (bicyclic) bond motifs is 2. The first kappa shape index (κ1) is 27.3. The summed E-state index contributed by atoms with van der Waals surface area (Å²) in [6.45, 7) is 0.759. The third-order valence-corrected chi connectivity index (χ3v) is 8.55. The summed E-state index contributed by atoms with van der Waals surface area (Å²) in [7, 11) is 0. The van der Waals surface area contributed by atoms with E-state index in [9.17, 15) is 0 Å². The van der Waals surface area contributed by atoms with E-state index in [1.807, 2.05) is 66.7 Å². The highest BCUT2D eigenvalue weighted by molar-refractivity contribution is 6.13. The summed E-state index contributed by atoms with van der Waals surface area (Å²) in [5.74, 6) is 1.69. The van der Waals surface area contributed by atoms with Gasteiger partial charge in [0.05, 0.1) is 28.2 Å². The zero-order chi connectivity index (χ0) is 29.9. The van der Waals surface area contributed by atoms with Crippen molar-refractivity contribution < 1.29 is 4.74 Å². The molecule has 4 N–H and O–H groups in total. The van der Waals surface area contributed by atoms with Gasteiger partial charge in [0, 0.05) is 35.0 Å². The van der Waals surface area contributed by atoms with Crippen molar-refractivity contribution in [1.82, 2.24) is 15.6 Å². The molecule has 216 valence electrons. The third kappa shape index (κ3) is 4.84. The minimum Gasteiger partial charge on any atom is -0.457 e. The van der Waals surface area contributed by atoms with Gasteiger partial charge in [-0.1, -0.05) is 72.8 Å². The van der Waals surface area contributed by atoms with Gasteiger partial charge in [0.15, 0.2) is 0 Å². The smallest absolute Gasteiger partial charge is 0.132 e. The molecule has 0 amide bonds. The van der Waals surface area contributed by atoms with Gasteiger partial charge < -0.3 is 20.8 Å². The number of nitrogens with one attached hydrogen (secondary N) is 4. The molecule has 4 heterocycles. The predicted molar refractivity (Wildman–Crippen MR) is 177 cm³/mol. The number of hydrogen-bond donors (Lipinski definition) is 4. The molecule has 0 fully saturated rings. The fourth-order valence-corrected chi connectivity index (χ4v) is 6.48. The lowest BCUT2D eigenvalue weighted by Gasteiger charge is -2.48. The van der Waals surface area contributed by atoms with Crippen molar-refractivity contribution >= 4 is 11.4 Å². The molecule has 4 aromatic rings. The second-order valence-electron chi connectivity index (χ2n) is 11.1. The van der Waals surface area contributed by atoms with Crippen LogP contribution in [0.15, 0.2) is 139 Å². The van der Waals surface area contributed by atoms with Gasteiger partial charge in [0.25, 0.3) is 0 Å². The first-order valence-electron chi connectivity index (χ1n) is 15.0. The normalized spacial score (nSPS) is 20.0. The minimum absolute atomic E-state index is 0.0920. The van der Waals surface area contributed by atoms with Crippen molar-refractivity contribution in [2.75, 3.05) is 6.54 Å². The van der Waals surface area contributed by atoms with E-state index < -0.39 is 5.41 Å². The number of benzene rings is 3. The van der Waals surface area contributed by atoms with Crippen LogP contribution < -0.4 is 15.4 Å². The van der Waals surface area contributed by atoms with Crippen molar-refractivity contribution in [2.45, 2.75) is 24.3 Å². The van der Waals surface area contributed by atoms with Crippen molar-refractivity contribution in [1.29, 1.82) is 10.8 Å². The van der Waals surface area contributed by atoms with E-state index >= 15 is 0 Å². The Morgan fingerprint density at radius 1 is 0.841 bits per heavy atom. The molecule has 1 aromatic heterocycles. The number of ether oxygens (including phenoxy) is 1. The summed E-state index contributed by atoms with van der Waals surface area (Å²) < 4.78 is 6.56. The zero-order valence-corrected chi connectivity index (χ0v) is 24.3. The topological polar surface area (TPSA) is 93.9 Å². The molecule has 3 aromatic carbocycles. The van der Waals surface area contributed by atoms with Gasteiger partial charge in [-0.05, 0) is 79.2 Å². The lowest BCUT2D eigenvalue weighted by Crippen LogP contribution is -2.54. The van der Waals surface area contributed by atoms with Crippen molar-refractivity contribution in [2.24, 2.45) is 0 Å². The number of aromatic nitrogens is 1. The van der Waals surface area contributed by atoms with Crippen molar-refractivity contribution in [3.63, 3.8) is 0 Å². The fraction of sp³-hybridized carbons (Fsp3) is 0.132. The van der Waals surface area contributed by atoms with Crippen LogP contribution >= 0.6 is 0 Å². The van der Waals surface area contributed by atoms with Crippen LogP contribution in [-0.2, 0) is 5.41 Å². The van der Waals surface area contributed by atoms with Crippen LogP contribution in [0.25, 0.3) is 11.3 Å². The second kappa shape index (κ2) is 11.7. The number of allylic oxidation sites excluding steroid dienone is 5. The third-order valence-electron chi connectivity index (χ3n) is 8.55. The largest absolute Gasteiger partial charge is 0.457 e. The van der Waals surface area contributed by atoms with Gasteiger partial charge in [0.1, 0.15) is 11.5 Å². The first-order chi connectivity index (χ1) is 21.6. The molecule has 0 bridgehead atoms. The van der Waals surface area contributed by atoms with Gasteiger partial charge in [-0.25, -0.2) is 4.98 Å². The van der Waals surface area contributed by atoms with Crippen molar-refractivity contribution in [3.8, 4) is 22.8 Å². The molecule has 3 aliphatic heterocycles. The maximum Gasteiger partial charge on any atom is 0.132 e. The Balaban J connectivity index is 1.31. The van der Waals surface area contributed by atoms with Crippen LogP contribution in [0, 0.1) is 10.8 Å². The lowest BCUT2D eigenvalue weighted by molar-refractivity contribution is 0.328. The Morgan fingerprint density at radius 3 is 2.48 bits per heavy atom. The van der Waals surface area contributed by atoms with E-state index in [4.69, 9.17) is 20.5 Å². The quantitative estimate of drug-likeness (QED) is 0.172. The van der Waals surface area contributed by atoms with E-state index in [1.165, 1.54) is 0 Å². The minimum atomic E-state index is -0.527. The molecular formula is C38H33N5O. The molecule has 7 rings (SSSR count). The van der Waals surface area contributed by atoms with Crippen LogP contribution in [0.5, 0.6) is 11.5 Å². The zero-order valence-electron chi connectivity index (χ0n) is 24.3. The first-order valence-corrected chi connectivity index (χ1v) is 15.0. The highest BCUT2D eigenvalue weighted by Crippen LogP contribution is 2.55. The Labute approximate surface area is 257 Å². The number of dihydropyridines is 1. The molecule has 44 heavy (non-hydrogen) atoms. The van der Waals surface area contributed by atoms with Crippen LogP contribution in [0.4, 0.5) is 0 Å². The molecule has 0 saturated heterocycles. The second-order valence-corrected chi connectivity index (χ2v) is 11.1. The van der Waals surface area contributed by atoms with Gasteiger partial charge in [-0.15, -0.1) is 0 Å². The standard InChI is InChI=1S/C38H33N5O/c39-30(26-11-2-1-3-12-26)20-21-31(40)33-15-10-14-32(43-33)27-19-22-35-29(25-27)38(36-17-6-8-23-41-36,37-18-7-9-24-42-37)28-13-4-5-16-34(28)44-35/h1-6,8-17,19-22,24-25,37,39-42H,7,18,23H2/b21-20-,39-30?,40-31?. The van der Waals surface area contributed by atoms with E-state index in [1.54, 1.807) is 12.2 Å². The summed E-state index contributed by atoms with van der Waals surface area (Å²) >= 11 is 0. The molecule has 3 aliphatic rings. The van der Waals surface area contributed by atoms with Crippen LogP contribution in [0.2, 0.25) is 0 Å². The average molecular weight is 576 g/mol. The average Bonchev–Trinajstić information content (AvgIpc) is 3.10.